The fourth-order valence-corrected chi connectivity index (χ4v) is 4.56. The molecule has 3 heterocycles. The number of hydrogen-bond acceptors (Lipinski definition) is 4. The maximum absolute atomic E-state index is 12.8. The molecule has 1 amide bonds. The lowest BCUT2D eigenvalue weighted by Gasteiger charge is -2.41. The van der Waals surface area contributed by atoms with Crippen LogP contribution in [-0.4, -0.2) is 33.4 Å². The third kappa shape index (κ3) is 2.80. The van der Waals surface area contributed by atoms with Gasteiger partial charge in [0.15, 0.2) is 5.13 Å². The molecular formula is C20H22N4OS. The van der Waals surface area contributed by atoms with Gasteiger partial charge in [0.05, 0.1) is 5.69 Å². The number of aryl methyl sites for hydroxylation is 1. The van der Waals surface area contributed by atoms with Crippen molar-refractivity contribution in [3.05, 3.63) is 71.0 Å². The Labute approximate surface area is 157 Å². The number of nitrogens with zero attached hydrogens (tertiary/aromatic N) is 3. The van der Waals surface area contributed by atoms with Gasteiger partial charge < -0.3 is 15.2 Å². The lowest BCUT2D eigenvalue weighted by molar-refractivity contribution is 0.0674. The number of carbonyl (C=O) groups is 1. The Balaban J connectivity index is 1.63. The topological polar surface area (TPSA) is 64.2 Å². The second-order valence-electron chi connectivity index (χ2n) is 6.82. The summed E-state index contributed by atoms with van der Waals surface area (Å²) >= 11 is 1.48. The van der Waals surface area contributed by atoms with Crippen LogP contribution >= 0.6 is 11.3 Å². The van der Waals surface area contributed by atoms with E-state index in [0.717, 1.165) is 24.2 Å². The molecule has 3 aromatic rings. The summed E-state index contributed by atoms with van der Waals surface area (Å²) in [4.78, 5) is 19.4. The molecule has 0 radical (unpaired) electrons. The first-order chi connectivity index (χ1) is 12.6. The van der Waals surface area contributed by atoms with E-state index in [1.165, 1.54) is 16.9 Å². The van der Waals surface area contributed by atoms with Gasteiger partial charge in [0.25, 0.3) is 5.91 Å². The summed E-state index contributed by atoms with van der Waals surface area (Å²) in [5, 5.41) is 2.66. The zero-order chi connectivity index (χ0) is 18.1. The molecule has 1 aliphatic rings. The normalized spacial score (nSPS) is 16.6. The highest BCUT2D eigenvalue weighted by atomic mass is 32.1. The minimum Gasteiger partial charge on any atom is -0.375 e. The van der Waals surface area contributed by atoms with Crippen molar-refractivity contribution in [3.8, 4) is 0 Å². The smallest absolute Gasteiger partial charge is 0.270 e. The largest absolute Gasteiger partial charge is 0.375 e. The Morgan fingerprint density at radius 3 is 2.46 bits per heavy atom. The second-order valence-corrected chi connectivity index (χ2v) is 7.71. The number of hydrogen-bond donors (Lipinski definition) is 1. The highest BCUT2D eigenvalue weighted by Crippen LogP contribution is 2.42. The van der Waals surface area contributed by atoms with Crippen LogP contribution in [0.1, 0.15) is 34.6 Å². The van der Waals surface area contributed by atoms with Crippen LogP contribution in [-0.2, 0) is 12.5 Å². The minimum atomic E-state index is -0.180. The van der Waals surface area contributed by atoms with Gasteiger partial charge in [0.2, 0.25) is 0 Å². The Morgan fingerprint density at radius 2 is 1.88 bits per heavy atom. The van der Waals surface area contributed by atoms with Gasteiger partial charge in [-0.25, -0.2) is 4.98 Å². The summed E-state index contributed by atoms with van der Waals surface area (Å²) in [5.41, 5.74) is 8.74. The first-order valence-corrected chi connectivity index (χ1v) is 9.66. The molecule has 0 aliphatic carbocycles. The van der Waals surface area contributed by atoms with E-state index in [-0.39, 0.29) is 11.3 Å². The molecule has 2 aromatic heterocycles. The van der Waals surface area contributed by atoms with Gasteiger partial charge >= 0.3 is 0 Å². The number of piperidine rings is 1. The SMILES string of the molecule is Cn1cccc1C(=O)N1CCC(c2ccccc2)(c2csc(N)n2)CC1. The van der Waals surface area contributed by atoms with E-state index >= 15 is 0 Å². The van der Waals surface area contributed by atoms with Crippen LogP contribution in [0.4, 0.5) is 5.13 Å². The number of thiazole rings is 1. The molecule has 0 unspecified atom stereocenters. The summed E-state index contributed by atoms with van der Waals surface area (Å²) in [6.07, 6.45) is 3.59. The van der Waals surface area contributed by atoms with E-state index in [0.29, 0.717) is 18.2 Å². The summed E-state index contributed by atoms with van der Waals surface area (Å²) in [5.74, 6) is 0.0944. The maximum atomic E-state index is 12.8. The molecule has 134 valence electrons. The van der Waals surface area contributed by atoms with E-state index in [9.17, 15) is 4.79 Å². The van der Waals surface area contributed by atoms with Crippen molar-refractivity contribution in [2.75, 3.05) is 18.8 Å². The van der Waals surface area contributed by atoms with Crippen LogP contribution in [0.3, 0.4) is 0 Å². The zero-order valence-electron chi connectivity index (χ0n) is 14.8. The van der Waals surface area contributed by atoms with Crippen molar-refractivity contribution in [1.82, 2.24) is 14.5 Å². The van der Waals surface area contributed by atoms with E-state index < -0.39 is 0 Å². The molecule has 0 atom stereocenters. The Hall–Kier alpha value is -2.60. The van der Waals surface area contributed by atoms with Gasteiger partial charge in [0, 0.05) is 37.1 Å². The predicted octanol–water partition coefficient (Wildman–Crippen LogP) is 3.29. The van der Waals surface area contributed by atoms with Gasteiger partial charge in [-0.15, -0.1) is 11.3 Å². The summed E-state index contributed by atoms with van der Waals surface area (Å²) in [7, 11) is 1.91. The maximum Gasteiger partial charge on any atom is 0.270 e. The number of rotatable bonds is 3. The molecule has 4 rings (SSSR count). The second kappa shape index (κ2) is 6.61. The van der Waals surface area contributed by atoms with Crippen molar-refractivity contribution < 1.29 is 4.79 Å². The van der Waals surface area contributed by atoms with Gasteiger partial charge in [-0.05, 0) is 30.5 Å². The molecule has 1 aromatic carbocycles. The molecule has 0 spiro atoms. The third-order valence-corrected chi connectivity index (χ3v) is 6.08. The van der Waals surface area contributed by atoms with Crippen molar-refractivity contribution in [2.24, 2.45) is 7.05 Å². The van der Waals surface area contributed by atoms with Gasteiger partial charge in [0.1, 0.15) is 5.69 Å². The number of amides is 1. The van der Waals surface area contributed by atoms with Gasteiger partial charge in [-0.1, -0.05) is 30.3 Å². The Morgan fingerprint density at radius 1 is 1.15 bits per heavy atom. The first-order valence-electron chi connectivity index (χ1n) is 8.78. The number of aromatic nitrogens is 2. The minimum absolute atomic E-state index is 0.0944. The van der Waals surface area contributed by atoms with E-state index in [1.807, 2.05) is 40.9 Å². The van der Waals surface area contributed by atoms with E-state index in [1.54, 1.807) is 0 Å². The fraction of sp³-hybridized carbons (Fsp3) is 0.300. The van der Waals surface area contributed by atoms with Crippen molar-refractivity contribution in [2.45, 2.75) is 18.3 Å². The highest BCUT2D eigenvalue weighted by molar-refractivity contribution is 7.13. The lowest BCUT2D eigenvalue weighted by atomic mass is 9.70. The van der Waals surface area contributed by atoms with Crippen LogP contribution in [0, 0.1) is 0 Å². The van der Waals surface area contributed by atoms with Crippen molar-refractivity contribution >= 4 is 22.4 Å². The van der Waals surface area contributed by atoms with E-state index in [2.05, 4.69) is 34.6 Å². The van der Waals surface area contributed by atoms with Crippen LogP contribution in [0.2, 0.25) is 0 Å². The monoisotopic (exact) mass is 366 g/mol. The van der Waals surface area contributed by atoms with Gasteiger partial charge in [-0.2, -0.15) is 0 Å². The average molecular weight is 366 g/mol. The first kappa shape index (κ1) is 16.8. The average Bonchev–Trinajstić information content (AvgIpc) is 3.30. The van der Waals surface area contributed by atoms with Crippen molar-refractivity contribution in [1.29, 1.82) is 0 Å². The number of carbonyl (C=O) groups excluding carboxylic acids is 1. The molecule has 1 fully saturated rings. The van der Waals surface area contributed by atoms with E-state index in [4.69, 9.17) is 5.73 Å². The number of nitrogen functional groups attached to an aromatic ring is 1. The number of likely N-dealkylation sites (tertiary alicyclic amines) is 1. The molecule has 5 nitrogen and oxygen atoms in total. The quantitative estimate of drug-likeness (QED) is 0.774. The molecule has 6 heteroatoms. The summed E-state index contributed by atoms with van der Waals surface area (Å²) in [6.45, 7) is 1.41. The van der Waals surface area contributed by atoms with Crippen LogP contribution in [0.25, 0.3) is 0 Å². The van der Waals surface area contributed by atoms with Crippen LogP contribution in [0.5, 0.6) is 0 Å². The summed E-state index contributed by atoms with van der Waals surface area (Å²) in [6, 6.07) is 14.3. The lowest BCUT2D eigenvalue weighted by Crippen LogP contribution is -2.46. The molecular weight excluding hydrogens is 344 g/mol. The molecule has 0 bridgehead atoms. The highest BCUT2D eigenvalue weighted by Gasteiger charge is 2.41. The molecule has 1 saturated heterocycles. The molecule has 0 saturated carbocycles. The number of nitrogens with two attached hydrogens (primary N) is 1. The Bertz CT molecular complexity index is 907. The molecule has 2 N–H and O–H groups in total. The third-order valence-electron chi connectivity index (χ3n) is 5.41. The van der Waals surface area contributed by atoms with Crippen LogP contribution < -0.4 is 5.73 Å². The Kier molecular flexibility index (Phi) is 4.28. The van der Waals surface area contributed by atoms with Crippen LogP contribution in [0.15, 0.2) is 54.0 Å². The fourth-order valence-electron chi connectivity index (χ4n) is 3.89. The summed E-state index contributed by atoms with van der Waals surface area (Å²) < 4.78 is 1.88. The van der Waals surface area contributed by atoms with Crippen molar-refractivity contribution in [3.63, 3.8) is 0 Å². The standard InChI is InChI=1S/C20H22N4OS/c1-23-11-5-8-16(23)18(25)24-12-9-20(10-13-24,15-6-3-2-4-7-15)17-14-26-19(21)22-17/h2-8,11,14H,9-10,12-13H2,1H3,(H2,21,22). The number of benzene rings is 1. The molecule has 26 heavy (non-hydrogen) atoms. The predicted molar refractivity (Wildman–Crippen MR) is 104 cm³/mol. The number of anilines is 1. The zero-order valence-corrected chi connectivity index (χ0v) is 15.6. The van der Waals surface area contributed by atoms with Gasteiger partial charge in [-0.3, -0.25) is 4.79 Å². The molecule has 1 aliphatic heterocycles.